The molecule has 0 atom stereocenters. The monoisotopic (exact) mass is 551 g/mol. The van der Waals surface area contributed by atoms with E-state index >= 15 is 0 Å². The van der Waals surface area contributed by atoms with E-state index in [1.165, 1.54) is 16.5 Å². The van der Waals surface area contributed by atoms with Crippen molar-refractivity contribution in [3.05, 3.63) is 102 Å². The SMILES string of the molecule is Cc1cnc(-n2c3ccccc3c3ccc(Oc4ccc5oc6oc7cc(C(C)(C)C)cnc7c6c5c4)cc32)cc1C. The van der Waals surface area contributed by atoms with Gasteiger partial charge in [0.1, 0.15) is 28.4 Å². The van der Waals surface area contributed by atoms with Crippen LogP contribution in [0.5, 0.6) is 11.5 Å². The molecular formula is C36H29N3O3. The summed E-state index contributed by atoms with van der Waals surface area (Å²) in [7, 11) is 0. The number of hydrogen-bond donors (Lipinski definition) is 0. The highest BCUT2D eigenvalue weighted by Gasteiger charge is 2.21. The molecule has 0 aliphatic heterocycles. The van der Waals surface area contributed by atoms with Gasteiger partial charge in [0.2, 0.25) is 0 Å². The third kappa shape index (κ3) is 3.72. The maximum absolute atomic E-state index is 6.47. The van der Waals surface area contributed by atoms with Crippen molar-refractivity contribution >= 4 is 55.0 Å². The van der Waals surface area contributed by atoms with Gasteiger partial charge in [0.15, 0.2) is 5.58 Å². The second-order valence-electron chi connectivity index (χ2n) is 12.1. The lowest BCUT2D eigenvalue weighted by Gasteiger charge is -2.17. The summed E-state index contributed by atoms with van der Waals surface area (Å²) in [6.07, 6.45) is 3.86. The molecule has 0 aliphatic carbocycles. The van der Waals surface area contributed by atoms with Crippen molar-refractivity contribution in [1.29, 1.82) is 0 Å². The van der Waals surface area contributed by atoms with Crippen molar-refractivity contribution in [2.24, 2.45) is 0 Å². The van der Waals surface area contributed by atoms with Crippen LogP contribution in [0, 0.1) is 13.8 Å². The van der Waals surface area contributed by atoms with Crippen molar-refractivity contribution in [3.63, 3.8) is 0 Å². The zero-order valence-electron chi connectivity index (χ0n) is 24.1. The van der Waals surface area contributed by atoms with Crippen LogP contribution in [0.4, 0.5) is 0 Å². The Labute approximate surface area is 242 Å². The molecule has 0 N–H and O–H groups in total. The number of pyridine rings is 2. The summed E-state index contributed by atoms with van der Waals surface area (Å²) >= 11 is 0. The average molecular weight is 552 g/mol. The van der Waals surface area contributed by atoms with Crippen LogP contribution in [-0.4, -0.2) is 14.5 Å². The van der Waals surface area contributed by atoms with Crippen LogP contribution in [0.2, 0.25) is 0 Å². The number of hydrogen-bond acceptors (Lipinski definition) is 5. The maximum Gasteiger partial charge on any atom is 0.301 e. The van der Waals surface area contributed by atoms with E-state index in [-0.39, 0.29) is 5.41 Å². The van der Waals surface area contributed by atoms with Gasteiger partial charge in [-0.3, -0.25) is 9.55 Å². The van der Waals surface area contributed by atoms with E-state index in [0.29, 0.717) is 11.5 Å². The molecule has 42 heavy (non-hydrogen) atoms. The van der Waals surface area contributed by atoms with Crippen LogP contribution in [0.15, 0.2) is 94.0 Å². The van der Waals surface area contributed by atoms with Gasteiger partial charge in [-0.25, -0.2) is 4.98 Å². The van der Waals surface area contributed by atoms with Crippen molar-refractivity contribution in [3.8, 4) is 17.3 Å². The molecule has 0 aliphatic rings. The number of para-hydroxylation sites is 1. The standard InChI is InChI=1S/C36H29N3O3/c1-20-14-32(37-18-21(20)2)39-28-9-7-6-8-25(28)26-12-10-24(17-29(26)39)40-23-11-13-30-27(16-23)33-34-31(42-35(33)41-30)15-22(19-38-34)36(3,4)5/h6-19H,1-5H3. The molecule has 0 bridgehead atoms. The summed E-state index contributed by atoms with van der Waals surface area (Å²) in [6, 6.07) is 24.7. The fourth-order valence-corrected chi connectivity index (χ4v) is 5.76. The number of aromatic nitrogens is 3. The molecule has 5 heterocycles. The van der Waals surface area contributed by atoms with Crippen LogP contribution >= 0.6 is 0 Å². The second kappa shape index (κ2) is 8.70. The predicted octanol–water partition coefficient (Wildman–Crippen LogP) is 9.93. The van der Waals surface area contributed by atoms with Gasteiger partial charge in [0, 0.05) is 34.6 Å². The molecular weight excluding hydrogens is 522 g/mol. The van der Waals surface area contributed by atoms with Crippen LogP contribution in [0.1, 0.15) is 37.5 Å². The highest BCUT2D eigenvalue weighted by Crippen LogP contribution is 2.40. The van der Waals surface area contributed by atoms with Crippen molar-refractivity contribution in [1.82, 2.24) is 14.5 Å². The number of ether oxygens (including phenoxy) is 1. The number of aryl methyl sites for hydroxylation is 2. The minimum absolute atomic E-state index is 0.0284. The zero-order valence-corrected chi connectivity index (χ0v) is 24.1. The highest BCUT2D eigenvalue weighted by molar-refractivity contribution is 6.16. The van der Waals surface area contributed by atoms with Crippen LogP contribution in [0.3, 0.4) is 0 Å². The summed E-state index contributed by atoms with van der Waals surface area (Å²) < 4.78 is 20.8. The molecule has 0 amide bonds. The Hall–Kier alpha value is -5.10. The quantitative estimate of drug-likeness (QED) is 0.219. The van der Waals surface area contributed by atoms with Crippen LogP contribution in [-0.2, 0) is 5.41 Å². The van der Waals surface area contributed by atoms with Gasteiger partial charge in [0.05, 0.1) is 16.4 Å². The molecule has 8 rings (SSSR count). The summed E-state index contributed by atoms with van der Waals surface area (Å²) in [5.74, 6) is 2.80. The predicted molar refractivity (Wildman–Crippen MR) is 168 cm³/mol. The molecule has 8 aromatic rings. The van der Waals surface area contributed by atoms with E-state index in [2.05, 4.69) is 87.7 Å². The first-order valence-electron chi connectivity index (χ1n) is 14.1. The fourth-order valence-electron chi connectivity index (χ4n) is 5.76. The fraction of sp³-hybridized carbons (Fsp3) is 0.167. The molecule has 0 saturated carbocycles. The van der Waals surface area contributed by atoms with Gasteiger partial charge in [-0.1, -0.05) is 39.0 Å². The van der Waals surface area contributed by atoms with E-state index in [9.17, 15) is 0 Å². The molecule has 0 radical (unpaired) electrons. The van der Waals surface area contributed by atoms with E-state index in [0.717, 1.165) is 61.0 Å². The number of fused-ring (bicyclic) bond motifs is 8. The highest BCUT2D eigenvalue weighted by atomic mass is 16.5. The first-order valence-corrected chi connectivity index (χ1v) is 14.1. The Bertz CT molecular complexity index is 2350. The third-order valence-electron chi connectivity index (χ3n) is 8.25. The molecule has 0 unspecified atom stereocenters. The van der Waals surface area contributed by atoms with Crippen molar-refractivity contribution < 1.29 is 13.6 Å². The van der Waals surface area contributed by atoms with Crippen LogP contribution < -0.4 is 4.74 Å². The zero-order chi connectivity index (χ0) is 28.7. The lowest BCUT2D eigenvalue weighted by molar-refractivity contribution is 0.483. The maximum atomic E-state index is 6.47. The number of nitrogens with zero attached hydrogens (tertiary/aromatic N) is 3. The van der Waals surface area contributed by atoms with Crippen molar-refractivity contribution in [2.45, 2.75) is 40.0 Å². The first kappa shape index (κ1) is 24.7. The summed E-state index contributed by atoms with van der Waals surface area (Å²) in [4.78, 5) is 9.56. The Balaban J connectivity index is 1.25. The Morgan fingerprint density at radius 3 is 2.29 bits per heavy atom. The molecule has 6 heteroatoms. The summed E-state index contributed by atoms with van der Waals surface area (Å²) in [6.45, 7) is 10.7. The summed E-state index contributed by atoms with van der Waals surface area (Å²) in [5.41, 5.74) is 7.85. The van der Waals surface area contributed by atoms with Crippen LogP contribution in [0.25, 0.3) is 60.9 Å². The topological polar surface area (TPSA) is 66.2 Å². The Kier molecular flexibility index (Phi) is 5.11. The minimum atomic E-state index is -0.0284. The van der Waals surface area contributed by atoms with Gasteiger partial charge in [0.25, 0.3) is 0 Å². The Morgan fingerprint density at radius 1 is 0.690 bits per heavy atom. The minimum Gasteiger partial charge on any atom is -0.457 e. The van der Waals surface area contributed by atoms with Gasteiger partial charge < -0.3 is 13.6 Å². The molecule has 5 aromatic heterocycles. The lowest BCUT2D eigenvalue weighted by Crippen LogP contribution is -2.10. The largest absolute Gasteiger partial charge is 0.457 e. The lowest BCUT2D eigenvalue weighted by atomic mass is 9.88. The second-order valence-corrected chi connectivity index (χ2v) is 12.1. The molecule has 0 spiro atoms. The van der Waals surface area contributed by atoms with Gasteiger partial charge in [-0.05, 0) is 84.5 Å². The average Bonchev–Trinajstić information content (AvgIpc) is 3.61. The molecule has 3 aromatic carbocycles. The van der Waals surface area contributed by atoms with E-state index in [1.807, 2.05) is 36.7 Å². The molecule has 0 saturated heterocycles. The number of furan rings is 2. The smallest absolute Gasteiger partial charge is 0.301 e. The number of rotatable bonds is 3. The molecule has 0 fully saturated rings. The normalized spacial score (nSPS) is 12.4. The third-order valence-corrected chi connectivity index (χ3v) is 8.25. The Morgan fingerprint density at radius 2 is 1.45 bits per heavy atom. The van der Waals surface area contributed by atoms with Crippen molar-refractivity contribution in [2.75, 3.05) is 0 Å². The van der Waals surface area contributed by atoms with Gasteiger partial charge >= 0.3 is 5.78 Å². The number of benzene rings is 3. The molecule has 6 nitrogen and oxygen atoms in total. The van der Waals surface area contributed by atoms with E-state index < -0.39 is 0 Å². The summed E-state index contributed by atoms with van der Waals surface area (Å²) in [5, 5.41) is 4.10. The van der Waals surface area contributed by atoms with Gasteiger partial charge in [-0.15, -0.1) is 0 Å². The van der Waals surface area contributed by atoms with E-state index in [4.69, 9.17) is 23.5 Å². The van der Waals surface area contributed by atoms with Gasteiger partial charge in [-0.2, -0.15) is 0 Å². The van der Waals surface area contributed by atoms with E-state index in [1.54, 1.807) is 0 Å². The first-order chi connectivity index (χ1) is 20.2. The molecule has 206 valence electrons.